The number of imidazole rings is 2. The molecule has 0 spiro atoms. The minimum atomic E-state index is -0.925. The number of benzene rings is 4. The Hall–Kier alpha value is -9.48. The Morgan fingerprint density at radius 3 is 1.39 bits per heavy atom. The molecule has 0 aliphatic carbocycles. The molecular formula is C60H64N10O14. The Morgan fingerprint density at radius 1 is 0.571 bits per heavy atom. The predicted molar refractivity (Wildman–Crippen MR) is 298 cm³/mol. The minimum absolute atomic E-state index is 0.0734. The van der Waals surface area contributed by atoms with Crippen LogP contribution in [0, 0.1) is 11.8 Å². The first-order valence-corrected chi connectivity index (χ1v) is 27.9. The van der Waals surface area contributed by atoms with Gasteiger partial charge in [0, 0.05) is 50.8 Å². The third-order valence-electron chi connectivity index (χ3n) is 16.3. The van der Waals surface area contributed by atoms with Crippen LogP contribution in [0.2, 0.25) is 0 Å². The van der Waals surface area contributed by atoms with E-state index in [2.05, 4.69) is 20.6 Å². The second-order valence-electron chi connectivity index (χ2n) is 22.4. The van der Waals surface area contributed by atoms with Gasteiger partial charge in [0.2, 0.25) is 25.4 Å². The molecule has 6 aliphatic rings. The topological polar surface area (TPSA) is 271 Å². The second kappa shape index (κ2) is 22.7. The SMILES string of the molecule is COC(=O)N[C@H](C(=O)N1C[C@H](OC(=O)N2Cc3cc4c(cc3C2)OCO4)CC1c1ncc(-c2ccc(-c3ccc(-c4c[nH]c([C@@H]5C[C@@H](OC(=O)N6Cc7cc8c(cc7C6)OCO8)CN5C(=O)[C@@H](NC(=O)OC)C(C)C)n4)cc3)cc2)[nH]1)C(C)C. The summed E-state index contributed by atoms with van der Waals surface area (Å²) in [6.07, 6.45) is 0.129. The highest BCUT2D eigenvalue weighted by Gasteiger charge is 2.46. The number of carbonyl (C=O) groups excluding carboxylic acids is 6. The van der Waals surface area contributed by atoms with Gasteiger partial charge in [0.25, 0.3) is 0 Å². The average molecular weight is 1150 g/mol. The Labute approximate surface area is 483 Å². The van der Waals surface area contributed by atoms with Crippen molar-refractivity contribution >= 4 is 36.2 Å². The van der Waals surface area contributed by atoms with E-state index in [0.717, 1.165) is 44.5 Å². The van der Waals surface area contributed by atoms with Crippen LogP contribution in [0.3, 0.4) is 0 Å². The standard InChI is InChI=1S/C60H64N10O14/c1-31(2)51(65-57(73)77-5)55(71)69-27-41(83-59(75)67-23-37-15-47-48(80-29-79-47)16-38(37)24-67)19-45(69)53-61-21-43(63-53)35-11-7-33(8-12-35)34-9-13-36(14-10-34)44-22-62-54(64-44)46-20-42(28-70(46)56(72)52(32(3)4)66-58(74)78-6)84-60(76)68-25-39-17-49-50(82-30-81-49)18-40(39)26-68/h7-18,21-22,31-32,41-42,45-46,51-52H,19-20,23-30H2,1-6H3,(H,61,63)(H,62,64)(H,65,73)(H,66,74)/t41-,42-,45+,46?,51+,52+/m1/s1. The molecule has 6 atom stereocenters. The first-order chi connectivity index (χ1) is 40.6. The molecule has 0 saturated carbocycles. The van der Waals surface area contributed by atoms with Gasteiger partial charge >= 0.3 is 24.4 Å². The minimum Gasteiger partial charge on any atom is -0.454 e. The van der Waals surface area contributed by atoms with Crippen LogP contribution in [0.4, 0.5) is 19.2 Å². The summed E-state index contributed by atoms with van der Waals surface area (Å²) in [5.41, 5.74) is 8.66. The predicted octanol–water partition coefficient (Wildman–Crippen LogP) is 7.94. The molecule has 6 amide bonds. The van der Waals surface area contributed by atoms with E-state index in [1.807, 2.05) is 100 Å². The lowest BCUT2D eigenvalue weighted by Gasteiger charge is -2.29. The van der Waals surface area contributed by atoms with Crippen molar-refractivity contribution in [1.82, 2.24) is 50.2 Å². The fourth-order valence-electron chi connectivity index (χ4n) is 11.8. The van der Waals surface area contributed by atoms with E-state index in [0.29, 0.717) is 72.2 Å². The number of amides is 6. The Balaban J connectivity index is 0.721. The number of aromatic amines is 2. The summed E-state index contributed by atoms with van der Waals surface area (Å²) in [7, 11) is 2.48. The Kier molecular flexibility index (Phi) is 14.9. The number of likely N-dealkylation sites (tertiary alicyclic amines) is 2. The van der Waals surface area contributed by atoms with Crippen molar-refractivity contribution in [3.05, 3.63) is 119 Å². The highest BCUT2D eigenvalue weighted by atomic mass is 16.7. The quantitative estimate of drug-likeness (QED) is 0.0799. The van der Waals surface area contributed by atoms with Crippen molar-refractivity contribution in [2.75, 3.05) is 40.9 Å². The largest absolute Gasteiger partial charge is 0.454 e. The number of nitrogens with zero attached hydrogens (tertiary/aromatic N) is 6. The van der Waals surface area contributed by atoms with Crippen LogP contribution in [-0.4, -0.2) is 141 Å². The smallest absolute Gasteiger partial charge is 0.410 e. The molecule has 0 radical (unpaired) electrons. The van der Waals surface area contributed by atoms with Gasteiger partial charge in [-0.1, -0.05) is 76.2 Å². The highest BCUT2D eigenvalue weighted by Crippen LogP contribution is 2.42. The van der Waals surface area contributed by atoms with Gasteiger partial charge in [-0.05, 0) is 75.0 Å². The van der Waals surface area contributed by atoms with Gasteiger partial charge in [0.05, 0.1) is 57.0 Å². The van der Waals surface area contributed by atoms with Crippen LogP contribution in [0.25, 0.3) is 33.6 Å². The lowest BCUT2D eigenvalue weighted by molar-refractivity contribution is -0.136. The monoisotopic (exact) mass is 1150 g/mol. The number of ether oxygens (including phenoxy) is 8. The van der Waals surface area contributed by atoms with Crippen molar-refractivity contribution in [2.45, 2.75) is 103 Å². The molecule has 24 heteroatoms. The number of aromatic nitrogens is 4. The number of hydrogen-bond acceptors (Lipinski definition) is 16. The zero-order valence-electron chi connectivity index (χ0n) is 47.2. The van der Waals surface area contributed by atoms with Crippen molar-refractivity contribution in [3.8, 4) is 56.6 Å². The summed E-state index contributed by atoms with van der Waals surface area (Å²) >= 11 is 0. The van der Waals surface area contributed by atoms with Gasteiger partial charge in [-0.3, -0.25) is 19.4 Å². The molecule has 438 valence electrons. The average Bonchev–Trinajstić information content (AvgIpc) is 3.05. The Morgan fingerprint density at radius 2 is 0.976 bits per heavy atom. The van der Waals surface area contributed by atoms with Crippen LogP contribution in [0.1, 0.15) is 86.5 Å². The van der Waals surface area contributed by atoms with Gasteiger partial charge < -0.3 is 68.3 Å². The molecule has 2 fully saturated rings. The molecule has 8 heterocycles. The number of alkyl carbamates (subject to hydrolysis) is 2. The lowest BCUT2D eigenvalue weighted by Crippen LogP contribution is -2.51. The van der Waals surface area contributed by atoms with E-state index < -0.39 is 60.7 Å². The lowest BCUT2D eigenvalue weighted by atomic mass is 10.0. The normalized spacial score (nSPS) is 19.8. The molecule has 24 nitrogen and oxygen atoms in total. The van der Waals surface area contributed by atoms with Gasteiger partial charge in [-0.2, -0.15) is 0 Å². The van der Waals surface area contributed by atoms with E-state index in [4.69, 9.17) is 47.9 Å². The van der Waals surface area contributed by atoms with Crippen LogP contribution in [0.15, 0.2) is 85.2 Å². The number of carbonyl (C=O) groups is 6. The molecule has 6 aliphatic heterocycles. The molecule has 84 heavy (non-hydrogen) atoms. The number of fused-ring (bicyclic) bond motifs is 4. The molecule has 0 bridgehead atoms. The van der Waals surface area contributed by atoms with Crippen molar-refractivity contribution in [3.63, 3.8) is 0 Å². The maximum Gasteiger partial charge on any atom is 0.410 e. The van der Waals surface area contributed by atoms with Crippen LogP contribution < -0.4 is 29.6 Å². The van der Waals surface area contributed by atoms with Gasteiger partial charge in [0.1, 0.15) is 35.9 Å². The highest BCUT2D eigenvalue weighted by molar-refractivity contribution is 5.87. The summed E-state index contributed by atoms with van der Waals surface area (Å²) in [6, 6.07) is 20.3. The zero-order valence-corrected chi connectivity index (χ0v) is 47.2. The summed E-state index contributed by atoms with van der Waals surface area (Å²) in [5.74, 6) is 2.22. The van der Waals surface area contributed by atoms with E-state index in [1.54, 1.807) is 32.0 Å². The third kappa shape index (κ3) is 10.9. The van der Waals surface area contributed by atoms with Crippen LogP contribution >= 0.6 is 0 Å². The number of rotatable bonds is 13. The fourth-order valence-corrected chi connectivity index (χ4v) is 11.8. The van der Waals surface area contributed by atoms with Crippen molar-refractivity contribution < 1.29 is 66.7 Å². The summed E-state index contributed by atoms with van der Waals surface area (Å²) in [4.78, 5) is 104. The molecule has 2 aromatic heterocycles. The second-order valence-corrected chi connectivity index (χ2v) is 22.4. The maximum atomic E-state index is 14.4. The van der Waals surface area contributed by atoms with Gasteiger partial charge in [-0.25, -0.2) is 29.1 Å². The summed E-state index contributed by atoms with van der Waals surface area (Å²) < 4.78 is 44.1. The molecular weight excluding hydrogens is 1080 g/mol. The molecule has 6 aromatic rings. The van der Waals surface area contributed by atoms with E-state index in [-0.39, 0.29) is 63.2 Å². The molecule has 12 rings (SSSR count). The fraction of sp³-hybridized carbons (Fsp3) is 0.400. The van der Waals surface area contributed by atoms with E-state index in [9.17, 15) is 28.8 Å². The number of nitrogens with one attached hydrogen (secondary N) is 4. The number of methoxy groups -OCH3 is 2. The van der Waals surface area contributed by atoms with Crippen LogP contribution in [-0.2, 0) is 54.7 Å². The number of H-pyrrole nitrogens is 2. The van der Waals surface area contributed by atoms with Crippen LogP contribution in [0.5, 0.6) is 23.0 Å². The Bertz CT molecular complexity index is 3230. The van der Waals surface area contributed by atoms with E-state index >= 15 is 0 Å². The number of hydrogen-bond donors (Lipinski definition) is 4. The van der Waals surface area contributed by atoms with Gasteiger partial charge in [-0.15, -0.1) is 0 Å². The third-order valence-corrected chi connectivity index (χ3v) is 16.3. The van der Waals surface area contributed by atoms with Gasteiger partial charge in [0.15, 0.2) is 23.0 Å². The molecule has 4 aromatic carbocycles. The molecule has 2 saturated heterocycles. The van der Waals surface area contributed by atoms with Crippen molar-refractivity contribution in [2.24, 2.45) is 11.8 Å². The zero-order chi connectivity index (χ0) is 58.5. The summed E-state index contributed by atoms with van der Waals surface area (Å²) in [5, 5.41) is 5.37. The van der Waals surface area contributed by atoms with Crippen molar-refractivity contribution in [1.29, 1.82) is 0 Å². The first-order valence-electron chi connectivity index (χ1n) is 27.9. The first kappa shape index (κ1) is 55.1. The molecule has 1 unspecified atom stereocenters. The molecule has 4 N–H and O–H groups in total. The maximum absolute atomic E-state index is 14.4. The van der Waals surface area contributed by atoms with E-state index in [1.165, 1.54) is 14.2 Å². The summed E-state index contributed by atoms with van der Waals surface area (Å²) in [6.45, 7) is 9.11.